The fourth-order valence-electron chi connectivity index (χ4n) is 3.89. The van der Waals surface area contributed by atoms with E-state index in [1.165, 1.54) is 18.4 Å². The molecule has 1 aliphatic carbocycles. The van der Waals surface area contributed by atoms with Crippen LogP contribution in [0.2, 0.25) is 0 Å². The maximum Gasteiger partial charge on any atom is 0.240 e. The molecule has 168 valence electrons. The van der Waals surface area contributed by atoms with Gasteiger partial charge in [-0.1, -0.05) is 6.07 Å². The molecule has 3 heterocycles. The van der Waals surface area contributed by atoms with E-state index < -0.39 is 10.0 Å². The number of hydrogen-bond acceptors (Lipinski definition) is 8. The third-order valence-electron chi connectivity index (χ3n) is 5.61. The van der Waals surface area contributed by atoms with Crippen LogP contribution in [0.25, 0.3) is 22.5 Å². The lowest BCUT2D eigenvalue weighted by atomic mass is 9.87. The minimum absolute atomic E-state index is 0.0228. The summed E-state index contributed by atoms with van der Waals surface area (Å²) in [5.74, 6) is 0.339. The molecule has 0 amide bonds. The number of benzene rings is 1. The van der Waals surface area contributed by atoms with Gasteiger partial charge in [0.1, 0.15) is 17.6 Å². The summed E-state index contributed by atoms with van der Waals surface area (Å²) in [6.07, 6.45) is 6.00. The average molecular weight is 465 g/mol. The minimum atomic E-state index is -3.72. The lowest BCUT2D eigenvalue weighted by molar-refractivity contribution is 0.276. The quantitative estimate of drug-likeness (QED) is 0.325. The lowest BCUT2D eigenvalue weighted by Crippen LogP contribution is -2.49. The Morgan fingerprint density at radius 3 is 2.88 bits per heavy atom. The van der Waals surface area contributed by atoms with Crippen molar-refractivity contribution in [2.75, 3.05) is 5.32 Å². The fraction of sp³-hybridized carbons (Fsp3) is 0.227. The number of nitrogens with zero attached hydrogens (tertiary/aromatic N) is 3. The topological polar surface area (TPSA) is 157 Å². The van der Waals surface area contributed by atoms with Gasteiger partial charge in [-0.2, -0.15) is 5.26 Å². The summed E-state index contributed by atoms with van der Waals surface area (Å²) >= 11 is 0. The highest BCUT2D eigenvalue weighted by Crippen LogP contribution is 2.36. The van der Waals surface area contributed by atoms with Crippen LogP contribution >= 0.6 is 0 Å². The molecule has 0 atom stereocenters. The maximum atomic E-state index is 12.7. The van der Waals surface area contributed by atoms with Crippen molar-refractivity contribution < 1.29 is 17.9 Å². The fourth-order valence-corrected chi connectivity index (χ4v) is 5.19. The standard InChI is InChI=1S/C22H20N6O4S/c23-9-13-2-1-3-17(6-13)33(30,31)28-15-7-14(8-15)26-20-18-4-5-24-21(18)25-10-19(20)22-27-16(11-29)12-32-22/h1-6,10,12,14-15,28-29H,7-8,11H2,(H2,24,25,26)/t14-,15+. The molecule has 33 heavy (non-hydrogen) atoms. The number of aromatic nitrogens is 3. The van der Waals surface area contributed by atoms with Crippen LogP contribution < -0.4 is 10.0 Å². The molecule has 4 aromatic rings. The first-order chi connectivity index (χ1) is 16.0. The van der Waals surface area contributed by atoms with E-state index in [0.717, 1.165) is 11.1 Å². The number of fused-ring (bicyclic) bond motifs is 1. The van der Waals surface area contributed by atoms with Gasteiger partial charge >= 0.3 is 0 Å². The van der Waals surface area contributed by atoms with Crippen LogP contribution in [0.3, 0.4) is 0 Å². The zero-order valence-electron chi connectivity index (χ0n) is 17.3. The van der Waals surface area contributed by atoms with Crippen LogP contribution in [0, 0.1) is 11.3 Å². The molecule has 0 spiro atoms. The van der Waals surface area contributed by atoms with E-state index in [0.29, 0.717) is 41.2 Å². The van der Waals surface area contributed by atoms with Crippen LogP contribution in [-0.4, -0.2) is 40.6 Å². The first-order valence-corrected chi connectivity index (χ1v) is 11.8. The van der Waals surface area contributed by atoms with Crippen LogP contribution in [0.5, 0.6) is 0 Å². The number of aromatic amines is 1. The monoisotopic (exact) mass is 464 g/mol. The molecule has 1 aliphatic rings. The molecule has 1 saturated carbocycles. The third-order valence-corrected chi connectivity index (χ3v) is 7.13. The minimum Gasteiger partial charge on any atom is -0.444 e. The van der Waals surface area contributed by atoms with Gasteiger partial charge in [-0.05, 0) is 37.1 Å². The summed E-state index contributed by atoms with van der Waals surface area (Å²) in [5.41, 5.74) is 2.84. The smallest absolute Gasteiger partial charge is 0.240 e. The van der Waals surface area contributed by atoms with Gasteiger partial charge in [0, 0.05) is 29.9 Å². The number of hydrogen-bond donors (Lipinski definition) is 4. The molecule has 0 bridgehead atoms. The zero-order valence-corrected chi connectivity index (χ0v) is 18.1. The molecular weight excluding hydrogens is 444 g/mol. The van der Waals surface area contributed by atoms with Crippen molar-refractivity contribution >= 4 is 26.7 Å². The number of anilines is 1. The average Bonchev–Trinajstić information content (AvgIpc) is 3.47. The van der Waals surface area contributed by atoms with Crippen molar-refractivity contribution in [3.05, 3.63) is 60.2 Å². The van der Waals surface area contributed by atoms with Crippen molar-refractivity contribution in [2.24, 2.45) is 0 Å². The van der Waals surface area contributed by atoms with Crippen molar-refractivity contribution in [3.63, 3.8) is 0 Å². The van der Waals surface area contributed by atoms with E-state index in [1.54, 1.807) is 24.5 Å². The van der Waals surface area contributed by atoms with Gasteiger partial charge in [0.05, 0.1) is 34.4 Å². The van der Waals surface area contributed by atoms with E-state index >= 15 is 0 Å². The number of aliphatic hydroxyl groups excluding tert-OH is 1. The number of H-pyrrole nitrogens is 1. The van der Waals surface area contributed by atoms with E-state index in [-0.39, 0.29) is 23.6 Å². The number of pyridine rings is 1. The Kier molecular flexibility index (Phi) is 5.33. The second kappa shape index (κ2) is 8.32. The Hall–Kier alpha value is -3.72. The Balaban J connectivity index is 1.32. The molecule has 0 radical (unpaired) electrons. The van der Waals surface area contributed by atoms with Gasteiger partial charge in [-0.3, -0.25) is 0 Å². The number of nitrogens with one attached hydrogen (secondary N) is 3. The molecule has 1 aromatic carbocycles. The van der Waals surface area contributed by atoms with Crippen molar-refractivity contribution in [2.45, 2.75) is 36.4 Å². The van der Waals surface area contributed by atoms with Crippen LogP contribution in [0.15, 0.2) is 58.3 Å². The van der Waals surface area contributed by atoms with Gasteiger partial charge < -0.3 is 19.8 Å². The highest BCUT2D eigenvalue weighted by Gasteiger charge is 2.34. The molecule has 3 aromatic heterocycles. The van der Waals surface area contributed by atoms with Gasteiger partial charge in [-0.25, -0.2) is 23.1 Å². The summed E-state index contributed by atoms with van der Waals surface area (Å²) < 4.78 is 33.6. The molecular formula is C22H20N6O4S. The molecule has 5 rings (SSSR count). The second-order valence-electron chi connectivity index (χ2n) is 7.86. The summed E-state index contributed by atoms with van der Waals surface area (Å²) in [5, 5.41) is 22.6. The largest absolute Gasteiger partial charge is 0.444 e. The van der Waals surface area contributed by atoms with Gasteiger partial charge in [0.2, 0.25) is 15.9 Å². The highest BCUT2D eigenvalue weighted by molar-refractivity contribution is 7.89. The Morgan fingerprint density at radius 1 is 1.27 bits per heavy atom. The Bertz CT molecular complexity index is 1460. The van der Waals surface area contributed by atoms with E-state index in [2.05, 4.69) is 25.0 Å². The molecule has 4 N–H and O–H groups in total. The first-order valence-electron chi connectivity index (χ1n) is 10.3. The summed E-state index contributed by atoms with van der Waals surface area (Å²) in [4.78, 5) is 11.8. The van der Waals surface area contributed by atoms with Crippen LogP contribution in [-0.2, 0) is 16.6 Å². The summed E-state index contributed by atoms with van der Waals surface area (Å²) in [6.45, 7) is -0.228. The summed E-state index contributed by atoms with van der Waals surface area (Å²) in [7, 11) is -3.72. The van der Waals surface area contributed by atoms with E-state index in [1.807, 2.05) is 12.1 Å². The molecule has 11 heteroatoms. The van der Waals surface area contributed by atoms with Crippen LogP contribution in [0.4, 0.5) is 5.69 Å². The molecule has 10 nitrogen and oxygen atoms in total. The predicted molar refractivity (Wildman–Crippen MR) is 119 cm³/mol. The number of rotatable bonds is 7. The zero-order chi connectivity index (χ0) is 23.0. The van der Waals surface area contributed by atoms with E-state index in [9.17, 15) is 13.5 Å². The highest BCUT2D eigenvalue weighted by atomic mass is 32.2. The SMILES string of the molecule is N#Cc1cccc(S(=O)(=O)N[C@H]2C[C@@H](Nc3c(-c4nc(CO)co4)cnc4[nH]ccc34)C2)c1. The normalized spacial score (nSPS) is 18.1. The van der Waals surface area contributed by atoms with Gasteiger partial charge in [-0.15, -0.1) is 0 Å². The van der Waals surface area contributed by atoms with Crippen molar-refractivity contribution in [3.8, 4) is 17.5 Å². The number of aliphatic hydroxyl groups is 1. The Labute approximate surface area is 189 Å². The maximum absolute atomic E-state index is 12.7. The van der Waals surface area contributed by atoms with Crippen molar-refractivity contribution in [1.82, 2.24) is 19.7 Å². The number of sulfonamides is 1. The van der Waals surface area contributed by atoms with Crippen LogP contribution in [0.1, 0.15) is 24.1 Å². The molecule has 1 fully saturated rings. The molecule has 0 saturated heterocycles. The molecule has 0 unspecified atom stereocenters. The third kappa shape index (κ3) is 4.07. The first kappa shape index (κ1) is 21.1. The van der Waals surface area contributed by atoms with Gasteiger partial charge in [0.15, 0.2) is 0 Å². The molecule has 0 aliphatic heterocycles. The Morgan fingerprint density at radius 2 is 2.12 bits per heavy atom. The number of nitriles is 1. The van der Waals surface area contributed by atoms with Gasteiger partial charge in [0.25, 0.3) is 0 Å². The van der Waals surface area contributed by atoms with Crippen molar-refractivity contribution in [1.29, 1.82) is 5.26 Å². The number of oxazole rings is 1. The lowest BCUT2D eigenvalue weighted by Gasteiger charge is -2.37. The predicted octanol–water partition coefficient (Wildman–Crippen LogP) is 2.50. The van der Waals surface area contributed by atoms with E-state index in [4.69, 9.17) is 9.68 Å². The second-order valence-corrected chi connectivity index (χ2v) is 9.57. The summed E-state index contributed by atoms with van der Waals surface area (Å²) in [6, 6.07) is 9.59.